The van der Waals surface area contributed by atoms with Crippen molar-refractivity contribution in [2.24, 2.45) is 11.8 Å². The SMILES string of the molecule is CCCNCc1sc(N2CC(C)C(C)C2)nc1C1CC1. The fourth-order valence-electron chi connectivity index (χ4n) is 2.95. The van der Waals surface area contributed by atoms with E-state index in [1.165, 1.54) is 48.1 Å². The second kappa shape index (κ2) is 6.02. The van der Waals surface area contributed by atoms with Crippen LogP contribution in [0.2, 0.25) is 0 Å². The molecule has 0 bridgehead atoms. The van der Waals surface area contributed by atoms with Crippen LogP contribution in [0.5, 0.6) is 0 Å². The van der Waals surface area contributed by atoms with Crippen LogP contribution in [0.15, 0.2) is 0 Å². The monoisotopic (exact) mass is 293 g/mol. The van der Waals surface area contributed by atoms with Crippen LogP contribution < -0.4 is 10.2 Å². The third kappa shape index (κ3) is 3.01. The molecule has 1 aliphatic carbocycles. The van der Waals surface area contributed by atoms with Crippen LogP contribution in [-0.2, 0) is 6.54 Å². The maximum atomic E-state index is 5.01. The summed E-state index contributed by atoms with van der Waals surface area (Å²) in [6, 6.07) is 0. The van der Waals surface area contributed by atoms with E-state index in [0.29, 0.717) is 0 Å². The van der Waals surface area contributed by atoms with Crippen LogP contribution in [0.1, 0.15) is 56.5 Å². The van der Waals surface area contributed by atoms with Gasteiger partial charge in [0.05, 0.1) is 5.69 Å². The van der Waals surface area contributed by atoms with E-state index in [4.69, 9.17) is 4.98 Å². The summed E-state index contributed by atoms with van der Waals surface area (Å²) in [5, 5.41) is 4.82. The Bertz CT molecular complexity index is 443. The summed E-state index contributed by atoms with van der Waals surface area (Å²) in [4.78, 5) is 9.00. The number of hydrogen-bond acceptors (Lipinski definition) is 4. The van der Waals surface area contributed by atoms with Gasteiger partial charge >= 0.3 is 0 Å². The Hall–Kier alpha value is -0.610. The predicted octanol–water partition coefficient (Wildman–Crippen LogP) is 3.61. The Balaban J connectivity index is 1.73. The molecule has 0 amide bonds. The third-order valence-electron chi connectivity index (χ3n) is 4.65. The van der Waals surface area contributed by atoms with Crippen LogP contribution in [-0.4, -0.2) is 24.6 Å². The highest BCUT2D eigenvalue weighted by atomic mass is 32.1. The molecule has 2 heterocycles. The molecule has 2 unspecified atom stereocenters. The predicted molar refractivity (Wildman–Crippen MR) is 86.6 cm³/mol. The fourth-order valence-corrected chi connectivity index (χ4v) is 4.09. The molecule has 3 nitrogen and oxygen atoms in total. The first-order valence-electron chi connectivity index (χ1n) is 8.14. The standard InChI is InChI=1S/C16H27N3S/c1-4-7-17-8-14-15(13-5-6-13)18-16(20-14)19-9-11(2)12(3)10-19/h11-13,17H,4-10H2,1-3H3. The third-order valence-corrected chi connectivity index (χ3v) is 5.78. The minimum Gasteiger partial charge on any atom is -0.348 e. The van der Waals surface area contributed by atoms with Gasteiger partial charge in [-0.25, -0.2) is 4.98 Å². The molecule has 20 heavy (non-hydrogen) atoms. The average molecular weight is 293 g/mol. The van der Waals surface area contributed by atoms with Crippen LogP contribution >= 0.6 is 11.3 Å². The maximum Gasteiger partial charge on any atom is 0.185 e. The molecular formula is C16H27N3S. The van der Waals surface area contributed by atoms with Crippen LogP contribution in [0.25, 0.3) is 0 Å². The molecule has 1 aromatic rings. The average Bonchev–Trinajstić information content (AvgIpc) is 3.10. The highest BCUT2D eigenvalue weighted by Gasteiger charge is 2.33. The zero-order valence-corrected chi connectivity index (χ0v) is 13.8. The highest BCUT2D eigenvalue weighted by molar-refractivity contribution is 7.15. The highest BCUT2D eigenvalue weighted by Crippen LogP contribution is 2.44. The number of thiazole rings is 1. The van der Waals surface area contributed by atoms with Crippen LogP contribution in [0.3, 0.4) is 0 Å². The Kier molecular flexibility index (Phi) is 4.32. The van der Waals surface area contributed by atoms with E-state index >= 15 is 0 Å². The lowest BCUT2D eigenvalue weighted by atomic mass is 10.0. The smallest absolute Gasteiger partial charge is 0.185 e. The molecule has 2 atom stereocenters. The van der Waals surface area contributed by atoms with Crippen molar-refractivity contribution in [3.63, 3.8) is 0 Å². The summed E-state index contributed by atoms with van der Waals surface area (Å²) in [5.74, 6) is 2.35. The summed E-state index contributed by atoms with van der Waals surface area (Å²) in [5.41, 5.74) is 1.40. The van der Waals surface area contributed by atoms with Gasteiger partial charge in [0, 0.05) is 30.4 Å². The molecule has 1 saturated heterocycles. The number of rotatable bonds is 6. The molecule has 112 valence electrons. The second-order valence-electron chi connectivity index (χ2n) is 6.62. The van der Waals surface area contributed by atoms with Crippen molar-refractivity contribution in [2.45, 2.75) is 52.5 Å². The molecule has 0 aromatic carbocycles. The minimum absolute atomic E-state index is 0.760. The summed E-state index contributed by atoms with van der Waals surface area (Å²) in [6.45, 7) is 11.4. The number of aromatic nitrogens is 1. The van der Waals surface area contributed by atoms with Gasteiger partial charge in [-0.1, -0.05) is 20.8 Å². The van der Waals surface area contributed by atoms with E-state index < -0.39 is 0 Å². The van der Waals surface area contributed by atoms with E-state index in [2.05, 4.69) is 31.0 Å². The number of nitrogens with one attached hydrogen (secondary N) is 1. The van der Waals surface area contributed by atoms with Gasteiger partial charge in [0.15, 0.2) is 5.13 Å². The molecule has 4 heteroatoms. The first kappa shape index (κ1) is 14.3. The van der Waals surface area contributed by atoms with Gasteiger partial charge in [0.2, 0.25) is 0 Å². The van der Waals surface area contributed by atoms with E-state index in [-0.39, 0.29) is 0 Å². The van der Waals surface area contributed by atoms with Crippen LogP contribution in [0.4, 0.5) is 5.13 Å². The Morgan fingerprint density at radius 2 is 1.95 bits per heavy atom. The van der Waals surface area contributed by atoms with E-state index in [0.717, 1.165) is 30.8 Å². The molecule has 0 spiro atoms. The Morgan fingerprint density at radius 3 is 2.55 bits per heavy atom. The lowest BCUT2D eigenvalue weighted by Crippen LogP contribution is -2.19. The first-order chi connectivity index (χ1) is 9.69. The molecule has 1 saturated carbocycles. The van der Waals surface area contributed by atoms with Crippen molar-refractivity contribution >= 4 is 16.5 Å². The molecule has 3 rings (SSSR count). The zero-order chi connectivity index (χ0) is 14.1. The molecule has 1 aromatic heterocycles. The Labute approximate surface area is 126 Å². The summed E-state index contributed by atoms with van der Waals surface area (Å²) < 4.78 is 0. The number of hydrogen-bond donors (Lipinski definition) is 1. The summed E-state index contributed by atoms with van der Waals surface area (Å²) in [7, 11) is 0. The molecule has 2 aliphatic rings. The molecule has 0 radical (unpaired) electrons. The Morgan fingerprint density at radius 1 is 1.25 bits per heavy atom. The van der Waals surface area contributed by atoms with Gasteiger partial charge in [-0.2, -0.15) is 0 Å². The van der Waals surface area contributed by atoms with E-state index in [9.17, 15) is 0 Å². The van der Waals surface area contributed by atoms with E-state index in [1.807, 2.05) is 11.3 Å². The molecule has 1 N–H and O–H groups in total. The zero-order valence-electron chi connectivity index (χ0n) is 13.0. The number of nitrogens with zero attached hydrogens (tertiary/aromatic N) is 2. The van der Waals surface area contributed by atoms with Crippen molar-refractivity contribution in [2.75, 3.05) is 24.5 Å². The lowest BCUT2D eigenvalue weighted by molar-refractivity contribution is 0.494. The van der Waals surface area contributed by atoms with Gasteiger partial charge in [0.25, 0.3) is 0 Å². The normalized spacial score (nSPS) is 26.4. The maximum absolute atomic E-state index is 5.01. The lowest BCUT2D eigenvalue weighted by Gasteiger charge is -2.13. The molecule has 2 fully saturated rings. The van der Waals surface area contributed by atoms with Crippen molar-refractivity contribution in [3.05, 3.63) is 10.6 Å². The largest absolute Gasteiger partial charge is 0.348 e. The van der Waals surface area contributed by atoms with Crippen molar-refractivity contribution in [3.8, 4) is 0 Å². The van der Waals surface area contributed by atoms with Crippen molar-refractivity contribution in [1.82, 2.24) is 10.3 Å². The van der Waals surface area contributed by atoms with E-state index in [1.54, 1.807) is 0 Å². The summed E-state index contributed by atoms with van der Waals surface area (Å²) >= 11 is 1.93. The van der Waals surface area contributed by atoms with Gasteiger partial charge in [-0.15, -0.1) is 11.3 Å². The van der Waals surface area contributed by atoms with Crippen molar-refractivity contribution < 1.29 is 0 Å². The first-order valence-corrected chi connectivity index (χ1v) is 8.96. The van der Waals surface area contributed by atoms with Crippen LogP contribution in [0, 0.1) is 11.8 Å². The second-order valence-corrected chi connectivity index (χ2v) is 7.68. The van der Waals surface area contributed by atoms with Gasteiger partial charge in [0.1, 0.15) is 0 Å². The summed E-state index contributed by atoms with van der Waals surface area (Å²) in [6.07, 6.45) is 3.89. The topological polar surface area (TPSA) is 28.2 Å². The molecule has 1 aliphatic heterocycles. The number of anilines is 1. The van der Waals surface area contributed by atoms with Gasteiger partial charge in [-0.05, 0) is 37.6 Å². The van der Waals surface area contributed by atoms with Gasteiger partial charge < -0.3 is 10.2 Å². The minimum atomic E-state index is 0.760. The molecular weight excluding hydrogens is 266 g/mol. The van der Waals surface area contributed by atoms with Gasteiger partial charge in [-0.3, -0.25) is 0 Å². The quantitative estimate of drug-likeness (QED) is 0.812. The fraction of sp³-hybridized carbons (Fsp3) is 0.812. The van der Waals surface area contributed by atoms with Crippen molar-refractivity contribution in [1.29, 1.82) is 0 Å².